The van der Waals surface area contributed by atoms with Crippen LogP contribution in [0.4, 0.5) is 15.3 Å². The molecule has 3 aromatic rings. The number of ether oxygens (including phenoxy) is 1. The topological polar surface area (TPSA) is 77.2 Å². The van der Waals surface area contributed by atoms with E-state index in [1.165, 1.54) is 17.4 Å². The first kappa shape index (κ1) is 16.5. The van der Waals surface area contributed by atoms with Crippen LogP contribution in [0.2, 0.25) is 0 Å². The number of halogens is 1. The Morgan fingerprint density at radius 2 is 2.00 bits per heavy atom. The zero-order valence-corrected chi connectivity index (χ0v) is 14.6. The molecule has 0 aliphatic carbocycles. The Hall–Kier alpha value is -2.93. The minimum atomic E-state index is -0.285. The molecule has 2 aromatic carbocycles. The molecule has 5 nitrogen and oxygen atoms in total. The number of carbonyl (C=O) groups is 1. The van der Waals surface area contributed by atoms with Crippen LogP contribution in [0.25, 0.3) is 0 Å². The van der Waals surface area contributed by atoms with Crippen molar-refractivity contribution in [2.45, 2.75) is 18.9 Å². The molecule has 1 aromatic heterocycles. The first-order chi connectivity index (χ1) is 12.6. The highest BCUT2D eigenvalue weighted by atomic mass is 32.1. The van der Waals surface area contributed by atoms with Crippen molar-refractivity contribution in [3.8, 4) is 5.75 Å². The van der Waals surface area contributed by atoms with Gasteiger partial charge in [-0.25, -0.2) is 9.37 Å². The zero-order chi connectivity index (χ0) is 18.1. The number of aromatic nitrogens is 1. The second-order valence-corrected chi connectivity index (χ2v) is 7.08. The van der Waals surface area contributed by atoms with Gasteiger partial charge in [0.1, 0.15) is 24.0 Å². The van der Waals surface area contributed by atoms with Crippen LogP contribution >= 0.6 is 11.3 Å². The third-order valence-electron chi connectivity index (χ3n) is 4.27. The molecule has 0 radical (unpaired) electrons. The van der Waals surface area contributed by atoms with Crippen LogP contribution in [0.15, 0.2) is 48.5 Å². The predicted octanol–water partition coefficient (Wildman–Crippen LogP) is 3.92. The number of thiazole rings is 1. The molecule has 0 spiro atoms. The fourth-order valence-corrected chi connectivity index (χ4v) is 3.90. The van der Waals surface area contributed by atoms with E-state index in [1.807, 2.05) is 24.3 Å². The Bertz CT molecular complexity index is 956. The van der Waals surface area contributed by atoms with Gasteiger partial charge >= 0.3 is 0 Å². The monoisotopic (exact) mass is 369 g/mol. The van der Waals surface area contributed by atoms with Gasteiger partial charge in [0.25, 0.3) is 0 Å². The summed E-state index contributed by atoms with van der Waals surface area (Å²) in [5.74, 6) is 0.754. The summed E-state index contributed by atoms with van der Waals surface area (Å²) in [5.41, 5.74) is 7.27. The van der Waals surface area contributed by atoms with Crippen LogP contribution in [0.5, 0.6) is 5.75 Å². The summed E-state index contributed by atoms with van der Waals surface area (Å²) in [6.45, 7) is 0.160. The van der Waals surface area contributed by atoms with Gasteiger partial charge in [-0.05, 0) is 23.8 Å². The smallest absolute Gasteiger partial charge is 0.226 e. The second kappa shape index (κ2) is 6.76. The Balaban J connectivity index is 1.51. The summed E-state index contributed by atoms with van der Waals surface area (Å²) in [4.78, 5) is 17.1. The standard InChI is InChI=1S/C19H16FN3O2S/c20-15-4-2-1-3-12(15)10-25-13-7-5-11(6-8-13)14-9-16(24)22-18-17(14)26-19(21)23-18/h1-8,14H,9-10H2,(H2,21,23)(H,22,24). The number of rotatable bonds is 4. The third kappa shape index (κ3) is 3.25. The first-order valence-electron chi connectivity index (χ1n) is 8.12. The van der Waals surface area contributed by atoms with Crippen molar-refractivity contribution in [1.29, 1.82) is 0 Å². The summed E-state index contributed by atoms with van der Waals surface area (Å²) < 4.78 is 19.3. The van der Waals surface area contributed by atoms with Crippen molar-refractivity contribution in [3.63, 3.8) is 0 Å². The summed E-state index contributed by atoms with van der Waals surface area (Å²) in [7, 11) is 0. The lowest BCUT2D eigenvalue weighted by molar-refractivity contribution is -0.116. The molecule has 26 heavy (non-hydrogen) atoms. The molecule has 1 amide bonds. The average Bonchev–Trinajstić information content (AvgIpc) is 3.01. The molecule has 4 rings (SSSR count). The molecule has 0 fully saturated rings. The molecule has 1 unspecified atom stereocenters. The Labute approximate surface area is 153 Å². The fourth-order valence-electron chi connectivity index (χ4n) is 2.98. The maximum atomic E-state index is 13.6. The van der Waals surface area contributed by atoms with Gasteiger partial charge in [0.05, 0.1) is 4.88 Å². The number of anilines is 2. The second-order valence-electron chi connectivity index (χ2n) is 6.02. The van der Waals surface area contributed by atoms with Crippen LogP contribution in [-0.4, -0.2) is 10.9 Å². The molecule has 2 heterocycles. The quantitative estimate of drug-likeness (QED) is 0.731. The number of amides is 1. The Kier molecular flexibility index (Phi) is 4.30. The minimum absolute atomic E-state index is 0.0748. The van der Waals surface area contributed by atoms with Gasteiger partial charge in [-0.2, -0.15) is 0 Å². The number of fused-ring (bicyclic) bond motifs is 1. The maximum absolute atomic E-state index is 13.6. The van der Waals surface area contributed by atoms with E-state index >= 15 is 0 Å². The molecule has 1 atom stereocenters. The highest BCUT2D eigenvalue weighted by Crippen LogP contribution is 2.41. The lowest BCUT2D eigenvalue weighted by Gasteiger charge is -2.21. The van der Waals surface area contributed by atoms with Crippen molar-refractivity contribution < 1.29 is 13.9 Å². The number of nitrogens with zero attached hydrogens (tertiary/aromatic N) is 1. The van der Waals surface area contributed by atoms with E-state index < -0.39 is 0 Å². The normalized spacial score (nSPS) is 16.0. The highest BCUT2D eigenvalue weighted by Gasteiger charge is 2.29. The van der Waals surface area contributed by atoms with E-state index in [2.05, 4.69) is 10.3 Å². The first-order valence-corrected chi connectivity index (χ1v) is 8.94. The van der Waals surface area contributed by atoms with E-state index in [0.717, 1.165) is 10.4 Å². The molecule has 0 saturated carbocycles. The zero-order valence-electron chi connectivity index (χ0n) is 13.7. The molecule has 1 aliphatic heterocycles. The van der Waals surface area contributed by atoms with E-state index in [0.29, 0.717) is 28.7 Å². The number of hydrogen-bond acceptors (Lipinski definition) is 5. The van der Waals surface area contributed by atoms with Crippen LogP contribution in [0.1, 0.15) is 28.3 Å². The Morgan fingerprint density at radius 1 is 1.23 bits per heavy atom. The van der Waals surface area contributed by atoms with Crippen LogP contribution < -0.4 is 15.8 Å². The average molecular weight is 369 g/mol. The fraction of sp³-hybridized carbons (Fsp3) is 0.158. The number of hydrogen-bond donors (Lipinski definition) is 2. The predicted molar refractivity (Wildman–Crippen MR) is 98.8 cm³/mol. The van der Waals surface area contributed by atoms with Crippen LogP contribution in [0, 0.1) is 5.82 Å². The highest BCUT2D eigenvalue weighted by molar-refractivity contribution is 7.16. The summed E-state index contributed by atoms with van der Waals surface area (Å²) in [5, 5.41) is 3.19. The SMILES string of the molecule is Nc1nc2c(s1)C(c1ccc(OCc3ccccc3F)cc1)CC(=O)N2. The van der Waals surface area contributed by atoms with Gasteiger partial charge in [0, 0.05) is 17.9 Å². The van der Waals surface area contributed by atoms with Gasteiger partial charge < -0.3 is 15.8 Å². The molecule has 0 bridgehead atoms. The van der Waals surface area contributed by atoms with Crippen molar-refractivity contribution >= 4 is 28.2 Å². The van der Waals surface area contributed by atoms with Gasteiger partial charge in [-0.3, -0.25) is 4.79 Å². The largest absolute Gasteiger partial charge is 0.489 e. The minimum Gasteiger partial charge on any atom is -0.489 e. The van der Waals surface area contributed by atoms with Gasteiger partial charge in [0.15, 0.2) is 5.13 Å². The van der Waals surface area contributed by atoms with Crippen molar-refractivity contribution in [2.75, 3.05) is 11.1 Å². The molecule has 1 aliphatic rings. The summed E-state index contributed by atoms with van der Waals surface area (Å²) in [6.07, 6.45) is 0.351. The number of carbonyl (C=O) groups excluding carboxylic acids is 1. The van der Waals surface area contributed by atoms with Crippen molar-refractivity contribution in [2.24, 2.45) is 0 Å². The van der Waals surface area contributed by atoms with Gasteiger partial charge in [0.2, 0.25) is 5.91 Å². The molecular weight excluding hydrogens is 353 g/mol. The van der Waals surface area contributed by atoms with Crippen molar-refractivity contribution in [3.05, 3.63) is 70.4 Å². The number of nitrogens with one attached hydrogen (secondary N) is 1. The van der Waals surface area contributed by atoms with Gasteiger partial charge in [-0.15, -0.1) is 0 Å². The van der Waals surface area contributed by atoms with Crippen LogP contribution in [-0.2, 0) is 11.4 Å². The van der Waals surface area contributed by atoms with E-state index in [4.69, 9.17) is 10.5 Å². The molecule has 0 saturated heterocycles. The van der Waals surface area contributed by atoms with E-state index in [9.17, 15) is 9.18 Å². The van der Waals surface area contributed by atoms with Crippen molar-refractivity contribution in [1.82, 2.24) is 4.98 Å². The third-order valence-corrected chi connectivity index (χ3v) is 5.27. The molecule has 7 heteroatoms. The summed E-state index contributed by atoms with van der Waals surface area (Å²) >= 11 is 1.39. The molecule has 3 N–H and O–H groups in total. The van der Waals surface area contributed by atoms with Gasteiger partial charge in [-0.1, -0.05) is 41.7 Å². The lowest BCUT2D eigenvalue weighted by atomic mass is 9.91. The lowest BCUT2D eigenvalue weighted by Crippen LogP contribution is -2.22. The summed E-state index contributed by atoms with van der Waals surface area (Å²) in [6, 6.07) is 14.0. The molecular formula is C19H16FN3O2S. The van der Waals surface area contributed by atoms with E-state index in [1.54, 1.807) is 18.2 Å². The number of nitrogen functional groups attached to an aromatic ring is 1. The number of benzene rings is 2. The Morgan fingerprint density at radius 3 is 2.77 bits per heavy atom. The van der Waals surface area contributed by atoms with E-state index in [-0.39, 0.29) is 24.2 Å². The number of nitrogens with two attached hydrogens (primary N) is 1. The maximum Gasteiger partial charge on any atom is 0.226 e. The van der Waals surface area contributed by atoms with Crippen LogP contribution in [0.3, 0.4) is 0 Å². The molecule has 132 valence electrons.